The quantitative estimate of drug-likeness (QED) is 0.578. The fourth-order valence-corrected chi connectivity index (χ4v) is 2.81. The lowest BCUT2D eigenvalue weighted by atomic mass is 10.1. The highest BCUT2D eigenvalue weighted by atomic mass is 16.2. The van der Waals surface area contributed by atoms with Crippen LogP contribution in [0.25, 0.3) is 11.0 Å². The molecule has 25 heavy (non-hydrogen) atoms. The first-order valence-electron chi connectivity index (χ1n) is 8.64. The third-order valence-corrected chi connectivity index (χ3v) is 4.14. The second-order valence-electron chi connectivity index (χ2n) is 5.95. The van der Waals surface area contributed by atoms with Crippen LogP contribution in [0.4, 0.5) is 4.79 Å². The van der Waals surface area contributed by atoms with Gasteiger partial charge in [-0.1, -0.05) is 19.1 Å². The van der Waals surface area contributed by atoms with E-state index in [-0.39, 0.29) is 12.1 Å². The number of aromatic amines is 1. The molecule has 0 radical (unpaired) electrons. The molecule has 130 valence electrons. The van der Waals surface area contributed by atoms with Gasteiger partial charge in [-0.15, -0.1) is 0 Å². The highest BCUT2D eigenvalue weighted by Gasteiger charge is 2.12. The Bertz CT molecular complexity index is 782. The number of para-hydroxylation sites is 2. The van der Waals surface area contributed by atoms with Gasteiger partial charge in [0.05, 0.1) is 17.1 Å². The van der Waals surface area contributed by atoms with E-state index in [4.69, 9.17) is 0 Å². The van der Waals surface area contributed by atoms with E-state index >= 15 is 0 Å². The first-order chi connectivity index (χ1) is 12.3. The van der Waals surface area contributed by atoms with Crippen molar-refractivity contribution in [3.05, 3.63) is 60.2 Å². The van der Waals surface area contributed by atoms with Gasteiger partial charge in [0.1, 0.15) is 5.82 Å². The molecule has 0 aliphatic carbocycles. The first kappa shape index (κ1) is 17.0. The Hall–Kier alpha value is -2.89. The number of hydrogen-bond acceptors (Lipinski definition) is 3. The molecule has 3 N–H and O–H groups in total. The molecule has 2 aromatic heterocycles. The number of nitrogens with zero attached hydrogens (tertiary/aromatic N) is 2. The molecule has 6 nitrogen and oxygen atoms in total. The van der Waals surface area contributed by atoms with Crippen molar-refractivity contribution in [1.29, 1.82) is 0 Å². The Morgan fingerprint density at radius 1 is 1.20 bits per heavy atom. The topological polar surface area (TPSA) is 82.7 Å². The monoisotopic (exact) mass is 337 g/mol. The first-order valence-corrected chi connectivity index (χ1v) is 8.64. The van der Waals surface area contributed by atoms with Gasteiger partial charge in [0.2, 0.25) is 0 Å². The number of aryl methyl sites for hydroxylation is 1. The molecule has 3 aromatic rings. The average Bonchev–Trinajstić information content (AvgIpc) is 3.07. The lowest BCUT2D eigenvalue weighted by Gasteiger charge is -2.17. The number of urea groups is 1. The summed E-state index contributed by atoms with van der Waals surface area (Å²) < 4.78 is 0. The van der Waals surface area contributed by atoms with E-state index in [2.05, 4.69) is 25.6 Å². The third-order valence-electron chi connectivity index (χ3n) is 4.14. The Morgan fingerprint density at radius 3 is 2.76 bits per heavy atom. The van der Waals surface area contributed by atoms with Crippen molar-refractivity contribution in [2.75, 3.05) is 6.54 Å². The predicted octanol–water partition coefficient (Wildman–Crippen LogP) is 3.34. The number of rotatable bonds is 7. The molecule has 2 heterocycles. The number of fused-ring (bicyclic) bond motifs is 1. The van der Waals surface area contributed by atoms with E-state index in [1.165, 1.54) is 0 Å². The maximum atomic E-state index is 12.1. The fraction of sp³-hybridized carbons (Fsp3) is 0.316. The van der Waals surface area contributed by atoms with Crippen LogP contribution < -0.4 is 10.6 Å². The number of imidazole rings is 1. The molecular formula is C19H23N5O. The van der Waals surface area contributed by atoms with Crippen molar-refractivity contribution in [1.82, 2.24) is 25.6 Å². The number of hydrogen-bond donors (Lipinski definition) is 3. The Balaban J connectivity index is 1.43. The lowest BCUT2D eigenvalue weighted by molar-refractivity contribution is 0.236. The van der Waals surface area contributed by atoms with Crippen LogP contribution in [0.5, 0.6) is 0 Å². The van der Waals surface area contributed by atoms with E-state index in [0.29, 0.717) is 6.54 Å². The van der Waals surface area contributed by atoms with Crippen molar-refractivity contribution >= 4 is 17.1 Å². The van der Waals surface area contributed by atoms with E-state index in [1.807, 2.05) is 43.3 Å². The van der Waals surface area contributed by atoms with Gasteiger partial charge in [-0.05, 0) is 42.7 Å². The SMILES string of the molecule is CC[C@@H](NC(=O)NCCCc1nc2ccccc2[nH]1)c1ccncc1. The molecule has 0 spiro atoms. The van der Waals surface area contributed by atoms with Gasteiger partial charge < -0.3 is 15.6 Å². The zero-order chi connectivity index (χ0) is 17.5. The molecule has 6 heteroatoms. The van der Waals surface area contributed by atoms with Crippen molar-refractivity contribution in [3.8, 4) is 0 Å². The van der Waals surface area contributed by atoms with Gasteiger partial charge in [-0.25, -0.2) is 9.78 Å². The fourth-order valence-electron chi connectivity index (χ4n) is 2.81. The normalized spacial score (nSPS) is 12.0. The summed E-state index contributed by atoms with van der Waals surface area (Å²) in [5.41, 5.74) is 3.09. The maximum absolute atomic E-state index is 12.1. The van der Waals surface area contributed by atoms with E-state index in [1.54, 1.807) is 12.4 Å². The second-order valence-corrected chi connectivity index (χ2v) is 5.95. The summed E-state index contributed by atoms with van der Waals surface area (Å²) in [4.78, 5) is 23.9. The van der Waals surface area contributed by atoms with Crippen molar-refractivity contribution in [3.63, 3.8) is 0 Å². The summed E-state index contributed by atoms with van der Waals surface area (Å²) in [5, 5.41) is 5.92. The number of benzene rings is 1. The molecular weight excluding hydrogens is 314 g/mol. The summed E-state index contributed by atoms with van der Waals surface area (Å²) in [5.74, 6) is 0.951. The Kier molecular flexibility index (Phi) is 5.61. The van der Waals surface area contributed by atoms with Crippen LogP contribution in [0.2, 0.25) is 0 Å². The van der Waals surface area contributed by atoms with Crippen LogP contribution in [0.3, 0.4) is 0 Å². The number of carbonyl (C=O) groups excluding carboxylic acids is 1. The Labute approximate surface area is 147 Å². The number of carbonyl (C=O) groups is 1. The van der Waals surface area contributed by atoms with E-state index < -0.39 is 0 Å². The van der Waals surface area contributed by atoms with Gasteiger partial charge >= 0.3 is 6.03 Å². The summed E-state index contributed by atoms with van der Waals surface area (Å²) in [6, 6.07) is 11.7. The third kappa shape index (κ3) is 4.56. The van der Waals surface area contributed by atoms with Gasteiger partial charge in [-0.3, -0.25) is 4.98 Å². The number of H-pyrrole nitrogens is 1. The summed E-state index contributed by atoms with van der Waals surface area (Å²) >= 11 is 0. The van der Waals surface area contributed by atoms with Crippen molar-refractivity contribution < 1.29 is 4.79 Å². The molecule has 0 bridgehead atoms. The standard InChI is InChI=1S/C19H23N5O/c1-2-15(14-9-12-20-13-10-14)24-19(25)21-11-5-8-18-22-16-6-3-4-7-17(16)23-18/h3-4,6-7,9-10,12-13,15H,2,5,8,11H2,1H3,(H,22,23)(H2,21,24,25)/t15-/m1/s1. The van der Waals surface area contributed by atoms with Crippen LogP contribution in [0.1, 0.15) is 37.2 Å². The van der Waals surface area contributed by atoms with Crippen LogP contribution in [-0.2, 0) is 6.42 Å². The van der Waals surface area contributed by atoms with Gasteiger partial charge in [0.15, 0.2) is 0 Å². The number of aromatic nitrogens is 3. The molecule has 0 unspecified atom stereocenters. The maximum Gasteiger partial charge on any atom is 0.315 e. The summed E-state index contributed by atoms with van der Waals surface area (Å²) in [6.07, 6.45) is 5.95. The predicted molar refractivity (Wildman–Crippen MR) is 98.2 cm³/mol. The zero-order valence-electron chi connectivity index (χ0n) is 14.3. The van der Waals surface area contributed by atoms with Crippen molar-refractivity contribution in [2.45, 2.75) is 32.2 Å². The molecule has 0 fully saturated rings. The van der Waals surface area contributed by atoms with Gasteiger partial charge in [-0.2, -0.15) is 0 Å². The molecule has 1 aromatic carbocycles. The smallest absolute Gasteiger partial charge is 0.315 e. The number of amides is 2. The summed E-state index contributed by atoms with van der Waals surface area (Å²) in [7, 11) is 0. The van der Waals surface area contributed by atoms with Gasteiger partial charge in [0, 0.05) is 25.4 Å². The molecule has 0 aliphatic heterocycles. The van der Waals surface area contributed by atoms with Crippen LogP contribution >= 0.6 is 0 Å². The van der Waals surface area contributed by atoms with Gasteiger partial charge in [0.25, 0.3) is 0 Å². The van der Waals surface area contributed by atoms with E-state index in [9.17, 15) is 4.79 Å². The molecule has 3 rings (SSSR count). The highest BCUT2D eigenvalue weighted by molar-refractivity contribution is 5.75. The minimum Gasteiger partial charge on any atom is -0.342 e. The molecule has 0 aliphatic rings. The highest BCUT2D eigenvalue weighted by Crippen LogP contribution is 2.15. The molecule has 2 amide bonds. The molecule has 0 saturated heterocycles. The van der Waals surface area contributed by atoms with Crippen LogP contribution in [0, 0.1) is 0 Å². The zero-order valence-corrected chi connectivity index (χ0v) is 14.3. The lowest BCUT2D eigenvalue weighted by Crippen LogP contribution is -2.38. The van der Waals surface area contributed by atoms with Crippen LogP contribution in [0.15, 0.2) is 48.8 Å². The minimum atomic E-state index is -0.145. The number of nitrogens with one attached hydrogen (secondary N) is 3. The van der Waals surface area contributed by atoms with E-state index in [0.717, 1.165) is 41.7 Å². The number of pyridine rings is 1. The largest absolute Gasteiger partial charge is 0.342 e. The molecule has 0 saturated carbocycles. The van der Waals surface area contributed by atoms with Crippen LogP contribution in [-0.4, -0.2) is 27.5 Å². The minimum absolute atomic E-state index is 0.00151. The average molecular weight is 337 g/mol. The Morgan fingerprint density at radius 2 is 2.00 bits per heavy atom. The second kappa shape index (κ2) is 8.28. The van der Waals surface area contributed by atoms with Crippen molar-refractivity contribution in [2.24, 2.45) is 0 Å². The summed E-state index contributed by atoms with van der Waals surface area (Å²) in [6.45, 7) is 2.66. The molecule has 1 atom stereocenters.